The third kappa shape index (κ3) is 3.39. The van der Waals surface area contributed by atoms with Gasteiger partial charge >= 0.3 is 0 Å². The summed E-state index contributed by atoms with van der Waals surface area (Å²) in [6.45, 7) is 7.01. The lowest BCUT2D eigenvalue weighted by Crippen LogP contribution is -2.46. The molecule has 4 heteroatoms. The van der Waals surface area contributed by atoms with Gasteiger partial charge in [-0.05, 0) is 43.5 Å². The van der Waals surface area contributed by atoms with E-state index in [1.807, 2.05) is 0 Å². The van der Waals surface area contributed by atoms with Gasteiger partial charge < -0.3 is 15.2 Å². The number of hydrogen-bond acceptors (Lipinski definition) is 4. The number of nitrogens with two attached hydrogens (primary N) is 1. The van der Waals surface area contributed by atoms with Crippen LogP contribution < -0.4 is 15.2 Å². The van der Waals surface area contributed by atoms with Crippen LogP contribution in [0.4, 0.5) is 0 Å². The smallest absolute Gasteiger partial charge is 0.161 e. The molecule has 4 nitrogen and oxygen atoms in total. The van der Waals surface area contributed by atoms with Crippen LogP contribution in [0.1, 0.15) is 25.0 Å². The van der Waals surface area contributed by atoms with Crippen molar-refractivity contribution >= 4 is 0 Å². The fourth-order valence-corrected chi connectivity index (χ4v) is 2.65. The van der Waals surface area contributed by atoms with E-state index >= 15 is 0 Å². The van der Waals surface area contributed by atoms with Gasteiger partial charge in [0.1, 0.15) is 0 Å². The van der Waals surface area contributed by atoms with E-state index in [-0.39, 0.29) is 5.54 Å². The molecule has 0 aromatic heterocycles. The molecule has 0 spiro atoms. The minimum absolute atomic E-state index is 0.159. The van der Waals surface area contributed by atoms with Gasteiger partial charge in [0, 0.05) is 25.2 Å². The van der Waals surface area contributed by atoms with E-state index < -0.39 is 0 Å². The zero-order valence-corrected chi connectivity index (χ0v) is 12.3. The molecule has 1 heterocycles. The van der Waals surface area contributed by atoms with Crippen molar-refractivity contribution in [2.75, 3.05) is 27.3 Å². The van der Waals surface area contributed by atoms with Gasteiger partial charge in [0.25, 0.3) is 0 Å². The van der Waals surface area contributed by atoms with Crippen LogP contribution in [0.15, 0.2) is 12.1 Å². The Morgan fingerprint density at radius 3 is 2.26 bits per heavy atom. The normalized spacial score (nSPS) is 16.1. The Labute approximate surface area is 115 Å². The van der Waals surface area contributed by atoms with Crippen LogP contribution in [0.25, 0.3) is 0 Å². The minimum atomic E-state index is -0.159. The highest BCUT2D eigenvalue weighted by atomic mass is 16.5. The maximum atomic E-state index is 6.10. The summed E-state index contributed by atoms with van der Waals surface area (Å²) >= 11 is 0. The van der Waals surface area contributed by atoms with Crippen LogP contribution in [0.5, 0.6) is 11.5 Å². The predicted octanol–water partition coefficient (Wildman–Crippen LogP) is 1.80. The first-order valence-corrected chi connectivity index (χ1v) is 6.68. The maximum absolute atomic E-state index is 6.10. The lowest BCUT2D eigenvalue weighted by atomic mass is 9.97. The summed E-state index contributed by atoms with van der Waals surface area (Å²) < 4.78 is 10.7. The van der Waals surface area contributed by atoms with E-state index in [9.17, 15) is 0 Å². The van der Waals surface area contributed by atoms with Crippen molar-refractivity contribution in [2.45, 2.75) is 32.4 Å². The summed E-state index contributed by atoms with van der Waals surface area (Å²) in [4.78, 5) is 2.40. The molecule has 0 radical (unpaired) electrons. The second-order valence-electron chi connectivity index (χ2n) is 5.93. The first-order chi connectivity index (χ1) is 8.93. The largest absolute Gasteiger partial charge is 0.493 e. The van der Waals surface area contributed by atoms with E-state index in [0.717, 1.165) is 37.6 Å². The summed E-state index contributed by atoms with van der Waals surface area (Å²) in [5.41, 5.74) is 8.61. The molecule has 19 heavy (non-hydrogen) atoms. The highest BCUT2D eigenvalue weighted by molar-refractivity contribution is 5.48. The predicted molar refractivity (Wildman–Crippen MR) is 76.8 cm³/mol. The lowest BCUT2D eigenvalue weighted by molar-refractivity contribution is 0.208. The average Bonchev–Trinajstić information content (AvgIpc) is 2.35. The molecule has 0 amide bonds. The van der Waals surface area contributed by atoms with Gasteiger partial charge in [0.2, 0.25) is 0 Å². The number of fused-ring (bicyclic) bond motifs is 1. The van der Waals surface area contributed by atoms with Gasteiger partial charge in [-0.3, -0.25) is 4.90 Å². The third-order valence-corrected chi connectivity index (χ3v) is 3.43. The van der Waals surface area contributed by atoms with Gasteiger partial charge in [0.15, 0.2) is 11.5 Å². The first kappa shape index (κ1) is 14.2. The minimum Gasteiger partial charge on any atom is -0.493 e. The van der Waals surface area contributed by atoms with Crippen LogP contribution in [-0.4, -0.2) is 37.7 Å². The summed E-state index contributed by atoms with van der Waals surface area (Å²) in [5.74, 6) is 1.61. The Balaban J connectivity index is 2.20. The van der Waals surface area contributed by atoms with E-state index in [1.165, 1.54) is 11.1 Å². The van der Waals surface area contributed by atoms with Crippen molar-refractivity contribution in [3.8, 4) is 11.5 Å². The zero-order chi connectivity index (χ0) is 14.0. The van der Waals surface area contributed by atoms with Crippen LogP contribution >= 0.6 is 0 Å². The molecule has 1 aliphatic heterocycles. The molecule has 0 aliphatic carbocycles. The molecule has 1 aliphatic rings. The molecule has 1 aromatic carbocycles. The van der Waals surface area contributed by atoms with Crippen molar-refractivity contribution in [3.05, 3.63) is 23.3 Å². The Kier molecular flexibility index (Phi) is 4.02. The van der Waals surface area contributed by atoms with Crippen molar-refractivity contribution < 1.29 is 9.47 Å². The van der Waals surface area contributed by atoms with Crippen molar-refractivity contribution in [1.82, 2.24) is 4.90 Å². The molecular weight excluding hydrogens is 240 g/mol. The molecule has 0 unspecified atom stereocenters. The molecule has 0 bridgehead atoms. The molecular formula is C15H24N2O2. The molecule has 0 saturated heterocycles. The second kappa shape index (κ2) is 5.39. The number of nitrogens with zero attached hydrogens (tertiary/aromatic N) is 1. The third-order valence-electron chi connectivity index (χ3n) is 3.43. The van der Waals surface area contributed by atoms with Crippen molar-refractivity contribution in [3.63, 3.8) is 0 Å². The fourth-order valence-electron chi connectivity index (χ4n) is 2.65. The highest BCUT2D eigenvalue weighted by Crippen LogP contribution is 2.33. The standard InChI is InChI=1S/C15H24N2O2/c1-15(2,16)10-17-6-5-11-7-13(18-3)14(19-4)8-12(11)9-17/h7-8H,5-6,9-10,16H2,1-4H3. The van der Waals surface area contributed by atoms with Crippen molar-refractivity contribution in [1.29, 1.82) is 0 Å². The summed E-state index contributed by atoms with van der Waals surface area (Å²) in [7, 11) is 3.35. The van der Waals surface area contributed by atoms with Crippen LogP contribution in [0.2, 0.25) is 0 Å². The first-order valence-electron chi connectivity index (χ1n) is 6.68. The molecule has 2 rings (SSSR count). The number of rotatable bonds is 4. The van der Waals surface area contributed by atoms with Crippen LogP contribution in [0, 0.1) is 0 Å². The summed E-state index contributed by atoms with van der Waals surface area (Å²) in [6, 6.07) is 4.18. The lowest BCUT2D eigenvalue weighted by Gasteiger charge is -2.34. The fraction of sp³-hybridized carbons (Fsp3) is 0.600. The molecule has 0 fully saturated rings. The van der Waals surface area contributed by atoms with E-state index in [4.69, 9.17) is 15.2 Å². The quantitative estimate of drug-likeness (QED) is 0.901. The number of methoxy groups -OCH3 is 2. The van der Waals surface area contributed by atoms with Gasteiger partial charge in [-0.25, -0.2) is 0 Å². The van der Waals surface area contributed by atoms with Crippen LogP contribution in [0.3, 0.4) is 0 Å². The molecule has 2 N–H and O–H groups in total. The molecule has 1 aromatic rings. The zero-order valence-electron chi connectivity index (χ0n) is 12.3. The van der Waals surface area contributed by atoms with Crippen LogP contribution in [-0.2, 0) is 13.0 Å². The van der Waals surface area contributed by atoms with Gasteiger partial charge in [0.05, 0.1) is 14.2 Å². The molecule has 106 valence electrons. The summed E-state index contributed by atoms with van der Waals surface area (Å²) in [6.07, 6.45) is 1.03. The average molecular weight is 264 g/mol. The Hall–Kier alpha value is -1.26. The maximum Gasteiger partial charge on any atom is 0.161 e. The SMILES string of the molecule is COc1cc2c(cc1OC)CN(CC(C)(C)N)CC2. The monoisotopic (exact) mass is 264 g/mol. The second-order valence-corrected chi connectivity index (χ2v) is 5.93. The summed E-state index contributed by atoms with van der Waals surface area (Å²) in [5, 5.41) is 0. The Morgan fingerprint density at radius 2 is 1.74 bits per heavy atom. The van der Waals surface area contributed by atoms with Gasteiger partial charge in [-0.2, -0.15) is 0 Å². The van der Waals surface area contributed by atoms with Gasteiger partial charge in [-0.15, -0.1) is 0 Å². The van der Waals surface area contributed by atoms with Gasteiger partial charge in [-0.1, -0.05) is 0 Å². The molecule has 0 saturated carbocycles. The number of ether oxygens (including phenoxy) is 2. The van der Waals surface area contributed by atoms with Crippen molar-refractivity contribution in [2.24, 2.45) is 5.73 Å². The Bertz CT molecular complexity index is 452. The Morgan fingerprint density at radius 1 is 1.16 bits per heavy atom. The highest BCUT2D eigenvalue weighted by Gasteiger charge is 2.23. The van der Waals surface area contributed by atoms with E-state index in [2.05, 4.69) is 30.9 Å². The molecule has 0 atom stereocenters. The van der Waals surface area contributed by atoms with E-state index in [0.29, 0.717) is 0 Å². The van der Waals surface area contributed by atoms with E-state index in [1.54, 1.807) is 14.2 Å². The topological polar surface area (TPSA) is 47.7 Å². The number of hydrogen-bond donors (Lipinski definition) is 1. The number of benzene rings is 1.